The van der Waals surface area contributed by atoms with Crippen LogP contribution in [0, 0.1) is 0 Å². The van der Waals surface area contributed by atoms with Crippen LogP contribution in [0.3, 0.4) is 0 Å². The molecule has 0 aliphatic heterocycles. The Morgan fingerprint density at radius 2 is 1.42 bits per heavy atom. The molecule has 0 unspecified atom stereocenters. The summed E-state index contributed by atoms with van der Waals surface area (Å²) >= 11 is 0. The van der Waals surface area contributed by atoms with Crippen molar-refractivity contribution in [1.82, 2.24) is 0 Å². The van der Waals surface area contributed by atoms with Crippen LogP contribution in [-0.2, 0) is 20.3 Å². The fraction of sp³-hybridized carbons (Fsp3) is 1.00. The van der Waals surface area contributed by atoms with E-state index in [4.69, 9.17) is 4.55 Å². The molecule has 0 rings (SSSR count). The Hall–Kier alpha value is -0.210. The summed E-state index contributed by atoms with van der Waals surface area (Å²) in [5.41, 5.74) is 0. The Bertz CT molecular complexity index is 281. The van der Waals surface area contributed by atoms with Crippen molar-refractivity contribution < 1.29 is 25.3 Å². The van der Waals surface area contributed by atoms with Crippen molar-refractivity contribution in [2.45, 2.75) is 12.8 Å². The molecular formula is C4H9FO5S2. The number of rotatable bonds is 5. The van der Waals surface area contributed by atoms with Gasteiger partial charge in [-0.15, -0.1) is 3.89 Å². The van der Waals surface area contributed by atoms with Crippen LogP contribution in [0.4, 0.5) is 3.89 Å². The van der Waals surface area contributed by atoms with Gasteiger partial charge in [-0.1, -0.05) is 0 Å². The predicted molar refractivity (Wildman–Crippen MR) is 40.5 cm³/mol. The molecule has 0 saturated carbocycles. The molecule has 0 aromatic heterocycles. The molecule has 0 aromatic rings. The average Bonchev–Trinajstić information content (AvgIpc) is 1.76. The second-order valence-electron chi connectivity index (χ2n) is 2.24. The Kier molecular flexibility index (Phi) is 4.08. The van der Waals surface area contributed by atoms with Gasteiger partial charge in [-0.3, -0.25) is 4.55 Å². The summed E-state index contributed by atoms with van der Waals surface area (Å²) < 4.78 is 59.8. The second kappa shape index (κ2) is 4.15. The maximum Gasteiger partial charge on any atom is 0.302 e. The summed E-state index contributed by atoms with van der Waals surface area (Å²) in [6.07, 6.45) is -0.180. The van der Waals surface area contributed by atoms with Crippen molar-refractivity contribution in [2.75, 3.05) is 11.5 Å². The van der Waals surface area contributed by atoms with E-state index in [0.717, 1.165) is 0 Å². The predicted octanol–water partition coefficient (Wildman–Crippen LogP) is -0.0463. The number of halogens is 1. The SMILES string of the molecule is O=S(=O)(O)CCCCS(=O)(=O)F. The third-order valence-corrected chi connectivity index (χ3v) is 2.62. The van der Waals surface area contributed by atoms with Gasteiger partial charge in [-0.05, 0) is 12.8 Å². The van der Waals surface area contributed by atoms with Gasteiger partial charge in [0.2, 0.25) is 0 Å². The molecule has 0 bridgehead atoms. The van der Waals surface area contributed by atoms with Crippen LogP contribution in [0.25, 0.3) is 0 Å². The van der Waals surface area contributed by atoms with E-state index in [9.17, 15) is 20.7 Å². The van der Waals surface area contributed by atoms with Gasteiger partial charge in [0.05, 0.1) is 11.5 Å². The first-order valence-electron chi connectivity index (χ1n) is 3.08. The highest BCUT2D eigenvalue weighted by Crippen LogP contribution is 1.99. The van der Waals surface area contributed by atoms with Gasteiger partial charge in [-0.25, -0.2) is 0 Å². The summed E-state index contributed by atoms with van der Waals surface area (Å²) in [4.78, 5) is 0. The third kappa shape index (κ3) is 9.79. The lowest BCUT2D eigenvalue weighted by Crippen LogP contribution is -2.06. The van der Waals surface area contributed by atoms with E-state index in [-0.39, 0.29) is 12.8 Å². The van der Waals surface area contributed by atoms with Crippen molar-refractivity contribution in [3.8, 4) is 0 Å². The smallest absolute Gasteiger partial charge is 0.286 e. The van der Waals surface area contributed by atoms with Crippen molar-refractivity contribution in [1.29, 1.82) is 0 Å². The Labute approximate surface area is 70.5 Å². The van der Waals surface area contributed by atoms with Gasteiger partial charge >= 0.3 is 10.2 Å². The zero-order valence-corrected chi connectivity index (χ0v) is 7.74. The molecule has 8 heteroatoms. The van der Waals surface area contributed by atoms with Gasteiger partial charge in [0.1, 0.15) is 0 Å². The largest absolute Gasteiger partial charge is 0.302 e. The minimum absolute atomic E-state index is 0.0675. The third-order valence-electron chi connectivity index (χ3n) is 1.04. The molecular weight excluding hydrogens is 211 g/mol. The van der Waals surface area contributed by atoms with Gasteiger partial charge in [0, 0.05) is 0 Å². The van der Waals surface area contributed by atoms with Gasteiger partial charge in [0.25, 0.3) is 10.1 Å². The highest BCUT2D eigenvalue weighted by Gasteiger charge is 2.08. The van der Waals surface area contributed by atoms with E-state index in [1.165, 1.54) is 0 Å². The molecule has 0 saturated heterocycles. The van der Waals surface area contributed by atoms with E-state index in [0.29, 0.717) is 0 Å². The van der Waals surface area contributed by atoms with Crippen LogP contribution in [0.1, 0.15) is 12.8 Å². The molecule has 0 aliphatic carbocycles. The number of hydrogen-bond donors (Lipinski definition) is 1. The molecule has 0 amide bonds. The second-order valence-corrected chi connectivity index (χ2v) is 5.29. The van der Waals surface area contributed by atoms with Crippen LogP contribution in [0.2, 0.25) is 0 Å². The summed E-state index contributed by atoms with van der Waals surface area (Å²) in [5.74, 6) is -1.24. The van der Waals surface area contributed by atoms with E-state index in [2.05, 4.69) is 0 Å². The Morgan fingerprint density at radius 3 is 1.75 bits per heavy atom. The summed E-state index contributed by atoms with van der Waals surface area (Å²) in [7, 11) is -8.58. The normalized spacial score (nSPS) is 13.2. The standard InChI is InChI=1S/C4H9FO5S2/c5-11(6,7)3-1-2-4-12(8,9)10/h1-4H2,(H,8,9,10). The van der Waals surface area contributed by atoms with Crippen LogP contribution in [0.15, 0.2) is 0 Å². The van der Waals surface area contributed by atoms with Crippen LogP contribution in [-0.4, -0.2) is 32.9 Å². The fourth-order valence-corrected chi connectivity index (χ4v) is 1.68. The van der Waals surface area contributed by atoms with Crippen LogP contribution >= 0.6 is 0 Å². The number of unbranched alkanes of at least 4 members (excludes halogenated alkanes) is 1. The first-order valence-corrected chi connectivity index (χ1v) is 6.24. The van der Waals surface area contributed by atoms with Crippen molar-refractivity contribution in [3.63, 3.8) is 0 Å². The average molecular weight is 220 g/mol. The lowest BCUT2D eigenvalue weighted by atomic mass is 10.4. The zero-order valence-electron chi connectivity index (χ0n) is 6.10. The molecule has 0 spiro atoms. The van der Waals surface area contributed by atoms with Crippen LogP contribution < -0.4 is 0 Å². The minimum Gasteiger partial charge on any atom is -0.286 e. The summed E-state index contributed by atoms with van der Waals surface area (Å²) in [5, 5.41) is 0. The minimum atomic E-state index is -4.52. The van der Waals surface area contributed by atoms with Crippen molar-refractivity contribution >= 4 is 20.3 Å². The van der Waals surface area contributed by atoms with Gasteiger partial charge in [0.15, 0.2) is 0 Å². The maximum absolute atomic E-state index is 11.8. The van der Waals surface area contributed by atoms with Crippen molar-refractivity contribution in [2.24, 2.45) is 0 Å². The molecule has 0 aromatic carbocycles. The zero-order chi connectivity index (χ0) is 9.83. The molecule has 74 valence electrons. The van der Waals surface area contributed by atoms with E-state index >= 15 is 0 Å². The molecule has 0 radical (unpaired) electrons. The first-order chi connectivity index (χ1) is 5.21. The highest BCUT2D eigenvalue weighted by atomic mass is 32.3. The quantitative estimate of drug-likeness (QED) is 0.399. The maximum atomic E-state index is 11.8. The Morgan fingerprint density at radius 1 is 1.00 bits per heavy atom. The molecule has 0 aliphatic rings. The van der Waals surface area contributed by atoms with Gasteiger partial charge in [-0.2, -0.15) is 16.8 Å². The molecule has 1 N–H and O–H groups in total. The van der Waals surface area contributed by atoms with Crippen LogP contribution in [0.5, 0.6) is 0 Å². The van der Waals surface area contributed by atoms with E-state index in [1.807, 2.05) is 0 Å². The topological polar surface area (TPSA) is 88.5 Å². The first kappa shape index (κ1) is 11.8. The number of hydrogen-bond acceptors (Lipinski definition) is 4. The monoisotopic (exact) mass is 220 g/mol. The Balaban J connectivity index is 3.62. The summed E-state index contributed by atoms with van der Waals surface area (Å²) in [6, 6.07) is 0. The van der Waals surface area contributed by atoms with Crippen molar-refractivity contribution in [3.05, 3.63) is 0 Å². The summed E-state index contributed by atoms with van der Waals surface area (Å²) in [6.45, 7) is 0. The molecule has 0 heterocycles. The van der Waals surface area contributed by atoms with E-state index in [1.54, 1.807) is 0 Å². The van der Waals surface area contributed by atoms with E-state index < -0.39 is 31.8 Å². The molecule has 0 fully saturated rings. The van der Waals surface area contributed by atoms with Gasteiger partial charge < -0.3 is 0 Å². The lowest BCUT2D eigenvalue weighted by Gasteiger charge is -1.95. The lowest BCUT2D eigenvalue weighted by molar-refractivity contribution is 0.480. The molecule has 0 atom stereocenters. The molecule has 5 nitrogen and oxygen atoms in total. The fourth-order valence-electron chi connectivity index (χ4n) is 0.559. The highest BCUT2D eigenvalue weighted by molar-refractivity contribution is 7.86. The molecule has 12 heavy (non-hydrogen) atoms.